The number of hydrogen-bond donors (Lipinski definition) is 2. The molecule has 2 aliphatic heterocycles. The van der Waals surface area contributed by atoms with Crippen LogP contribution >= 0.6 is 0 Å². The summed E-state index contributed by atoms with van der Waals surface area (Å²) < 4.78 is 0. The molecule has 18 heavy (non-hydrogen) atoms. The number of nitrogens with zero attached hydrogens (tertiary/aromatic N) is 2. The Morgan fingerprint density at radius 3 is 3.00 bits per heavy atom. The van der Waals surface area contributed by atoms with Gasteiger partial charge in [0.1, 0.15) is 0 Å². The Balaban J connectivity index is 1.94. The maximum atomic E-state index is 12.3. The van der Waals surface area contributed by atoms with Gasteiger partial charge in [0.15, 0.2) is 0 Å². The summed E-state index contributed by atoms with van der Waals surface area (Å²) >= 11 is 0. The quantitative estimate of drug-likeness (QED) is 0.716. The smallest absolute Gasteiger partial charge is 0.317 e. The van der Waals surface area contributed by atoms with E-state index in [0.717, 1.165) is 12.8 Å². The molecule has 0 radical (unpaired) electrons. The van der Waals surface area contributed by atoms with Crippen LogP contribution in [0.4, 0.5) is 4.79 Å². The third-order valence-electron chi connectivity index (χ3n) is 3.82. The highest BCUT2D eigenvalue weighted by molar-refractivity contribution is 5.81. The minimum atomic E-state index is -0.0633. The predicted molar refractivity (Wildman–Crippen MR) is 67.9 cm³/mol. The Morgan fingerprint density at radius 1 is 1.56 bits per heavy atom. The summed E-state index contributed by atoms with van der Waals surface area (Å²) in [5, 5.41) is 2.81. The maximum Gasteiger partial charge on any atom is 0.317 e. The van der Waals surface area contributed by atoms with Crippen LogP contribution in [0.5, 0.6) is 0 Å². The summed E-state index contributed by atoms with van der Waals surface area (Å²) in [5.74, 6) is 0.0879. The van der Waals surface area contributed by atoms with E-state index >= 15 is 0 Å². The van der Waals surface area contributed by atoms with Gasteiger partial charge in [-0.1, -0.05) is 13.3 Å². The molecule has 6 heteroatoms. The van der Waals surface area contributed by atoms with Crippen molar-refractivity contribution < 1.29 is 9.59 Å². The number of amides is 3. The van der Waals surface area contributed by atoms with E-state index in [0.29, 0.717) is 32.7 Å². The first-order valence-corrected chi connectivity index (χ1v) is 6.70. The SMILES string of the molecule is CCCC(CN)C(=O)N1CCN2C(=O)NCC2C1. The van der Waals surface area contributed by atoms with Gasteiger partial charge < -0.3 is 20.9 Å². The molecule has 0 spiro atoms. The maximum absolute atomic E-state index is 12.3. The molecule has 2 unspecified atom stereocenters. The Bertz CT molecular complexity index is 334. The molecular formula is C12H22N4O2. The molecule has 2 heterocycles. The molecule has 2 fully saturated rings. The first-order valence-electron chi connectivity index (χ1n) is 6.70. The van der Waals surface area contributed by atoms with E-state index in [1.54, 1.807) is 0 Å². The lowest BCUT2D eigenvalue weighted by molar-refractivity contribution is -0.137. The first-order chi connectivity index (χ1) is 8.67. The average molecular weight is 254 g/mol. The van der Waals surface area contributed by atoms with Crippen LogP contribution in [0.1, 0.15) is 19.8 Å². The van der Waals surface area contributed by atoms with Crippen molar-refractivity contribution in [1.29, 1.82) is 0 Å². The lowest BCUT2D eigenvalue weighted by Crippen LogP contribution is -2.55. The van der Waals surface area contributed by atoms with Gasteiger partial charge in [-0.05, 0) is 6.42 Å². The van der Waals surface area contributed by atoms with E-state index in [1.165, 1.54) is 0 Å². The molecule has 0 saturated carbocycles. The molecule has 0 aromatic rings. The lowest BCUT2D eigenvalue weighted by atomic mass is 10.0. The van der Waals surface area contributed by atoms with Crippen molar-refractivity contribution in [3.8, 4) is 0 Å². The lowest BCUT2D eigenvalue weighted by Gasteiger charge is -2.37. The number of fused-ring (bicyclic) bond motifs is 1. The fourth-order valence-electron chi connectivity index (χ4n) is 2.75. The number of rotatable bonds is 4. The molecule has 0 bridgehead atoms. The standard InChI is InChI=1S/C12H22N4O2/c1-2-3-9(6-13)11(17)15-4-5-16-10(8-15)7-14-12(16)18/h9-10H,2-8,13H2,1H3,(H,14,18). The van der Waals surface area contributed by atoms with Crippen LogP contribution in [-0.2, 0) is 4.79 Å². The van der Waals surface area contributed by atoms with Gasteiger partial charge in [-0.25, -0.2) is 4.79 Å². The molecular weight excluding hydrogens is 232 g/mol. The van der Waals surface area contributed by atoms with Crippen molar-refractivity contribution in [1.82, 2.24) is 15.1 Å². The first kappa shape index (κ1) is 13.1. The number of piperazine rings is 1. The molecule has 2 rings (SSSR count). The monoisotopic (exact) mass is 254 g/mol. The van der Waals surface area contributed by atoms with Crippen molar-refractivity contribution in [3.05, 3.63) is 0 Å². The molecule has 102 valence electrons. The zero-order chi connectivity index (χ0) is 13.1. The van der Waals surface area contributed by atoms with Gasteiger partial charge in [0.25, 0.3) is 0 Å². The van der Waals surface area contributed by atoms with E-state index in [1.807, 2.05) is 9.80 Å². The average Bonchev–Trinajstić information content (AvgIpc) is 2.76. The molecule has 0 aromatic carbocycles. The molecule has 0 aliphatic carbocycles. The fourth-order valence-corrected chi connectivity index (χ4v) is 2.75. The van der Waals surface area contributed by atoms with Crippen LogP contribution in [0.3, 0.4) is 0 Å². The zero-order valence-electron chi connectivity index (χ0n) is 10.9. The van der Waals surface area contributed by atoms with Crippen LogP contribution in [-0.4, -0.2) is 60.5 Å². The van der Waals surface area contributed by atoms with Gasteiger partial charge in [0, 0.05) is 32.7 Å². The number of carbonyl (C=O) groups excluding carboxylic acids is 2. The van der Waals surface area contributed by atoms with Crippen molar-refractivity contribution in [2.24, 2.45) is 11.7 Å². The van der Waals surface area contributed by atoms with Crippen LogP contribution in [0.15, 0.2) is 0 Å². The van der Waals surface area contributed by atoms with Gasteiger partial charge >= 0.3 is 6.03 Å². The fraction of sp³-hybridized carbons (Fsp3) is 0.833. The van der Waals surface area contributed by atoms with Crippen molar-refractivity contribution >= 4 is 11.9 Å². The summed E-state index contributed by atoms with van der Waals surface area (Å²) in [5.41, 5.74) is 5.67. The topological polar surface area (TPSA) is 78.7 Å². The number of hydrogen-bond acceptors (Lipinski definition) is 3. The van der Waals surface area contributed by atoms with Crippen molar-refractivity contribution in [2.75, 3.05) is 32.7 Å². The second-order valence-electron chi connectivity index (χ2n) is 5.04. The minimum absolute atomic E-state index is 0.00367. The molecule has 2 saturated heterocycles. The summed E-state index contributed by atoms with van der Waals surface area (Å²) in [6.07, 6.45) is 1.81. The second kappa shape index (κ2) is 5.56. The normalized spacial score (nSPS) is 24.8. The van der Waals surface area contributed by atoms with E-state index in [2.05, 4.69) is 12.2 Å². The van der Waals surface area contributed by atoms with Crippen LogP contribution in [0, 0.1) is 5.92 Å². The third kappa shape index (κ3) is 2.43. The second-order valence-corrected chi connectivity index (χ2v) is 5.04. The highest BCUT2D eigenvalue weighted by Crippen LogP contribution is 2.17. The van der Waals surface area contributed by atoms with Crippen LogP contribution in [0.25, 0.3) is 0 Å². The predicted octanol–water partition coefficient (Wildman–Crippen LogP) is -0.403. The van der Waals surface area contributed by atoms with Crippen molar-refractivity contribution in [2.45, 2.75) is 25.8 Å². The van der Waals surface area contributed by atoms with Gasteiger partial charge in [-0.15, -0.1) is 0 Å². The van der Waals surface area contributed by atoms with Crippen LogP contribution in [0.2, 0.25) is 0 Å². The van der Waals surface area contributed by atoms with Gasteiger partial charge in [-0.2, -0.15) is 0 Å². The highest BCUT2D eigenvalue weighted by atomic mass is 16.2. The van der Waals surface area contributed by atoms with Gasteiger partial charge in [0.05, 0.1) is 12.0 Å². The van der Waals surface area contributed by atoms with Crippen LogP contribution < -0.4 is 11.1 Å². The Morgan fingerprint density at radius 2 is 2.33 bits per heavy atom. The Kier molecular flexibility index (Phi) is 4.06. The molecule has 2 atom stereocenters. The summed E-state index contributed by atoms with van der Waals surface area (Å²) in [6, 6.07) is 0.131. The summed E-state index contributed by atoms with van der Waals surface area (Å²) in [6.45, 7) is 5.01. The largest absolute Gasteiger partial charge is 0.339 e. The third-order valence-corrected chi connectivity index (χ3v) is 3.82. The molecule has 6 nitrogen and oxygen atoms in total. The number of nitrogens with one attached hydrogen (secondary N) is 1. The highest BCUT2D eigenvalue weighted by Gasteiger charge is 2.37. The van der Waals surface area contributed by atoms with E-state index in [-0.39, 0.29) is 23.9 Å². The molecule has 3 N–H and O–H groups in total. The number of nitrogens with two attached hydrogens (primary N) is 1. The minimum Gasteiger partial charge on any atom is -0.339 e. The molecule has 2 aliphatic rings. The van der Waals surface area contributed by atoms with Crippen molar-refractivity contribution in [3.63, 3.8) is 0 Å². The van der Waals surface area contributed by atoms with E-state index in [4.69, 9.17) is 5.73 Å². The molecule has 3 amide bonds. The summed E-state index contributed by atoms with van der Waals surface area (Å²) in [4.78, 5) is 27.5. The van der Waals surface area contributed by atoms with Gasteiger partial charge in [0.2, 0.25) is 5.91 Å². The number of carbonyl (C=O) groups is 2. The van der Waals surface area contributed by atoms with Gasteiger partial charge in [-0.3, -0.25) is 4.79 Å². The summed E-state index contributed by atoms with van der Waals surface area (Å²) in [7, 11) is 0. The van der Waals surface area contributed by atoms with E-state index in [9.17, 15) is 9.59 Å². The molecule has 0 aromatic heterocycles. The Hall–Kier alpha value is -1.30. The number of urea groups is 1. The van der Waals surface area contributed by atoms with E-state index < -0.39 is 0 Å². The Labute approximate surface area is 107 Å². The zero-order valence-corrected chi connectivity index (χ0v) is 10.9.